The largest absolute Gasteiger partial charge is 0.495 e. The zero-order valence-electron chi connectivity index (χ0n) is 10.2. The zero-order valence-corrected chi connectivity index (χ0v) is 10.2. The molecule has 2 N–H and O–H groups in total. The van der Waals surface area contributed by atoms with Gasteiger partial charge < -0.3 is 15.2 Å². The Balaban J connectivity index is 2.40. The molecule has 100 valence electrons. The highest BCUT2D eigenvalue weighted by molar-refractivity contribution is 6.05. The van der Waals surface area contributed by atoms with E-state index in [9.17, 15) is 14.4 Å². The van der Waals surface area contributed by atoms with E-state index in [1.807, 2.05) is 0 Å². The van der Waals surface area contributed by atoms with Crippen LogP contribution < -0.4 is 15.0 Å². The van der Waals surface area contributed by atoms with Crippen molar-refractivity contribution in [3.05, 3.63) is 23.8 Å². The van der Waals surface area contributed by atoms with Gasteiger partial charge in [-0.1, -0.05) is 0 Å². The fourth-order valence-electron chi connectivity index (χ4n) is 1.81. The first-order valence-electron chi connectivity index (χ1n) is 5.51. The van der Waals surface area contributed by atoms with Crippen molar-refractivity contribution in [2.45, 2.75) is 0 Å². The van der Waals surface area contributed by atoms with E-state index >= 15 is 0 Å². The molecule has 1 aliphatic heterocycles. The summed E-state index contributed by atoms with van der Waals surface area (Å²) < 4.78 is 5.08. The van der Waals surface area contributed by atoms with Crippen molar-refractivity contribution in [2.24, 2.45) is 0 Å². The van der Waals surface area contributed by atoms with Crippen molar-refractivity contribution in [2.75, 3.05) is 25.1 Å². The van der Waals surface area contributed by atoms with E-state index in [2.05, 4.69) is 5.32 Å². The van der Waals surface area contributed by atoms with E-state index in [-0.39, 0.29) is 36.2 Å². The van der Waals surface area contributed by atoms with Crippen LogP contribution in [0.2, 0.25) is 0 Å². The number of piperazine rings is 1. The molecule has 1 heterocycles. The number of carboxylic acids is 1. The average molecular weight is 264 g/mol. The van der Waals surface area contributed by atoms with Crippen LogP contribution in [0.15, 0.2) is 18.2 Å². The maximum absolute atomic E-state index is 11.8. The molecule has 7 nitrogen and oxygen atoms in total. The van der Waals surface area contributed by atoms with Crippen LogP contribution in [0.4, 0.5) is 5.69 Å². The van der Waals surface area contributed by atoms with Crippen molar-refractivity contribution in [1.82, 2.24) is 5.32 Å². The Morgan fingerprint density at radius 1 is 1.42 bits per heavy atom. The number of anilines is 1. The first-order valence-corrected chi connectivity index (χ1v) is 5.51. The number of rotatable bonds is 3. The summed E-state index contributed by atoms with van der Waals surface area (Å²) in [6, 6.07) is 4.14. The Bertz CT molecular complexity index is 555. The van der Waals surface area contributed by atoms with Gasteiger partial charge in [0.05, 0.1) is 24.9 Å². The first kappa shape index (κ1) is 12.9. The summed E-state index contributed by atoms with van der Waals surface area (Å²) in [5.74, 6) is -1.40. The van der Waals surface area contributed by atoms with E-state index in [1.54, 1.807) is 0 Å². The molecular weight excluding hydrogens is 252 g/mol. The van der Waals surface area contributed by atoms with Crippen molar-refractivity contribution in [1.29, 1.82) is 0 Å². The molecule has 0 aliphatic carbocycles. The molecule has 0 aromatic heterocycles. The molecule has 1 saturated heterocycles. The zero-order chi connectivity index (χ0) is 14.0. The number of carbonyl (C=O) groups excluding carboxylic acids is 2. The Labute approximate surface area is 108 Å². The third-order valence-electron chi connectivity index (χ3n) is 2.76. The smallest absolute Gasteiger partial charge is 0.335 e. The highest BCUT2D eigenvalue weighted by Crippen LogP contribution is 2.30. The van der Waals surface area contributed by atoms with Gasteiger partial charge in [-0.15, -0.1) is 0 Å². The minimum atomic E-state index is -1.09. The summed E-state index contributed by atoms with van der Waals surface area (Å²) in [4.78, 5) is 35.2. The molecule has 0 bridgehead atoms. The number of nitrogens with one attached hydrogen (secondary N) is 1. The third kappa shape index (κ3) is 2.49. The molecule has 0 radical (unpaired) electrons. The third-order valence-corrected chi connectivity index (χ3v) is 2.76. The van der Waals surface area contributed by atoms with Gasteiger partial charge in [-0.25, -0.2) is 4.79 Å². The number of carbonyl (C=O) groups is 3. The lowest BCUT2D eigenvalue weighted by molar-refractivity contribution is -0.128. The molecule has 0 atom stereocenters. The van der Waals surface area contributed by atoms with Gasteiger partial charge in [-0.05, 0) is 18.2 Å². The SMILES string of the molecule is COc1cc(C(=O)O)ccc1N1CC(=O)NCC1=O. The highest BCUT2D eigenvalue weighted by Gasteiger charge is 2.27. The van der Waals surface area contributed by atoms with Crippen molar-refractivity contribution >= 4 is 23.5 Å². The second-order valence-electron chi connectivity index (χ2n) is 3.95. The Hall–Kier alpha value is -2.57. The molecule has 1 aromatic carbocycles. The molecule has 0 unspecified atom stereocenters. The molecular formula is C12H12N2O5. The fourth-order valence-corrected chi connectivity index (χ4v) is 1.81. The van der Waals surface area contributed by atoms with E-state index in [0.29, 0.717) is 5.69 Å². The fraction of sp³-hybridized carbons (Fsp3) is 0.250. The average Bonchev–Trinajstić information content (AvgIpc) is 2.40. The predicted octanol–water partition coefficient (Wildman–Crippen LogP) is -0.144. The molecule has 0 saturated carbocycles. The lowest BCUT2D eigenvalue weighted by Gasteiger charge is -2.27. The van der Waals surface area contributed by atoms with Crippen molar-refractivity contribution < 1.29 is 24.2 Å². The highest BCUT2D eigenvalue weighted by atomic mass is 16.5. The minimum Gasteiger partial charge on any atom is -0.495 e. The second kappa shape index (κ2) is 4.97. The molecule has 1 aromatic rings. The van der Waals surface area contributed by atoms with Crippen molar-refractivity contribution in [3.63, 3.8) is 0 Å². The van der Waals surface area contributed by atoms with Gasteiger partial charge in [-0.3, -0.25) is 14.5 Å². The van der Waals surface area contributed by atoms with Gasteiger partial charge in [0, 0.05) is 0 Å². The Kier molecular flexibility index (Phi) is 3.37. The molecule has 0 spiro atoms. The van der Waals surface area contributed by atoms with Crippen LogP contribution in [0.3, 0.4) is 0 Å². The van der Waals surface area contributed by atoms with E-state index in [4.69, 9.17) is 9.84 Å². The normalized spacial score (nSPS) is 15.1. The second-order valence-corrected chi connectivity index (χ2v) is 3.95. The summed E-state index contributed by atoms with van der Waals surface area (Å²) in [6.07, 6.45) is 0. The lowest BCUT2D eigenvalue weighted by Crippen LogP contribution is -2.51. The monoisotopic (exact) mass is 264 g/mol. The van der Waals surface area contributed by atoms with Gasteiger partial charge in [0.1, 0.15) is 12.3 Å². The number of nitrogens with zero attached hydrogens (tertiary/aromatic N) is 1. The number of carboxylic acid groups (broad SMARTS) is 1. The molecule has 1 aliphatic rings. The molecule has 2 rings (SSSR count). The number of methoxy groups -OCH3 is 1. The first-order chi connectivity index (χ1) is 9.02. The number of ether oxygens (including phenoxy) is 1. The number of aromatic carboxylic acids is 1. The van der Waals surface area contributed by atoms with E-state index in [1.165, 1.54) is 30.2 Å². The van der Waals surface area contributed by atoms with Crippen molar-refractivity contribution in [3.8, 4) is 5.75 Å². The topological polar surface area (TPSA) is 95.9 Å². The molecule has 7 heteroatoms. The van der Waals surface area contributed by atoms with Gasteiger partial charge in [0.25, 0.3) is 0 Å². The maximum Gasteiger partial charge on any atom is 0.335 e. The Morgan fingerprint density at radius 3 is 2.79 bits per heavy atom. The molecule has 1 fully saturated rings. The summed E-state index contributed by atoms with van der Waals surface area (Å²) in [7, 11) is 1.37. The van der Waals surface area contributed by atoms with E-state index in [0.717, 1.165) is 0 Å². The van der Waals surface area contributed by atoms with Crippen LogP contribution >= 0.6 is 0 Å². The summed E-state index contributed by atoms with van der Waals surface area (Å²) in [5.41, 5.74) is 0.432. The summed E-state index contributed by atoms with van der Waals surface area (Å²) in [6.45, 7) is -0.190. The minimum absolute atomic E-state index is 0.0505. The maximum atomic E-state index is 11.8. The predicted molar refractivity (Wildman–Crippen MR) is 65.3 cm³/mol. The quantitative estimate of drug-likeness (QED) is 0.792. The number of amides is 2. The van der Waals surface area contributed by atoms with Crippen LogP contribution in [0.5, 0.6) is 5.75 Å². The van der Waals surface area contributed by atoms with Gasteiger partial charge >= 0.3 is 5.97 Å². The van der Waals surface area contributed by atoms with E-state index < -0.39 is 5.97 Å². The van der Waals surface area contributed by atoms with Crippen LogP contribution in [-0.4, -0.2) is 43.1 Å². The number of hydrogen-bond acceptors (Lipinski definition) is 4. The van der Waals surface area contributed by atoms with Crippen LogP contribution in [-0.2, 0) is 9.59 Å². The van der Waals surface area contributed by atoms with Crippen LogP contribution in [0, 0.1) is 0 Å². The standard InChI is InChI=1S/C12H12N2O5/c1-19-9-4-7(12(17)18)2-3-8(9)14-6-10(15)13-5-11(14)16/h2-4H,5-6H2,1H3,(H,13,15)(H,17,18). The lowest BCUT2D eigenvalue weighted by atomic mass is 10.1. The number of benzene rings is 1. The summed E-state index contributed by atoms with van der Waals surface area (Å²) in [5, 5.41) is 11.3. The van der Waals surface area contributed by atoms with Gasteiger partial charge in [0.2, 0.25) is 11.8 Å². The van der Waals surface area contributed by atoms with Crippen LogP contribution in [0.1, 0.15) is 10.4 Å². The van der Waals surface area contributed by atoms with Crippen LogP contribution in [0.25, 0.3) is 0 Å². The van der Waals surface area contributed by atoms with Gasteiger partial charge in [0.15, 0.2) is 0 Å². The number of hydrogen-bond donors (Lipinski definition) is 2. The Morgan fingerprint density at radius 2 is 2.16 bits per heavy atom. The van der Waals surface area contributed by atoms with Gasteiger partial charge in [-0.2, -0.15) is 0 Å². The molecule has 2 amide bonds. The summed E-state index contributed by atoms with van der Waals surface area (Å²) >= 11 is 0. The molecule has 19 heavy (non-hydrogen) atoms.